The van der Waals surface area contributed by atoms with Crippen molar-refractivity contribution in [2.75, 3.05) is 6.54 Å². The Kier molecular flexibility index (Phi) is 4.16. The lowest BCUT2D eigenvalue weighted by molar-refractivity contribution is -0.422. The summed E-state index contributed by atoms with van der Waals surface area (Å²) in [6, 6.07) is 1.59. The van der Waals surface area contributed by atoms with Gasteiger partial charge in [0, 0.05) is 18.7 Å². The van der Waals surface area contributed by atoms with Crippen molar-refractivity contribution < 1.29 is 14.6 Å². The highest BCUT2D eigenvalue weighted by Gasteiger charge is 2.28. The molecule has 0 aromatic heterocycles. The van der Waals surface area contributed by atoms with E-state index in [2.05, 4.69) is 5.32 Å². The number of nitro benzene ring substituents is 2. The predicted octanol–water partition coefficient (Wildman–Crippen LogP) is 1.91. The summed E-state index contributed by atoms with van der Waals surface area (Å²) in [5, 5.41) is 23.5. The summed E-state index contributed by atoms with van der Waals surface area (Å²) >= 11 is 5.69. The molecule has 0 heterocycles. The van der Waals surface area contributed by atoms with Gasteiger partial charge in [-0.1, -0.05) is 11.6 Å². The maximum absolute atomic E-state index is 11.5. The van der Waals surface area contributed by atoms with E-state index >= 15 is 0 Å². The van der Waals surface area contributed by atoms with E-state index in [4.69, 9.17) is 11.6 Å². The minimum absolute atomic E-state index is 0.171. The van der Waals surface area contributed by atoms with Crippen LogP contribution in [0.3, 0.4) is 0 Å². The van der Waals surface area contributed by atoms with Crippen molar-refractivity contribution in [2.45, 2.75) is 6.92 Å². The molecule has 0 radical (unpaired) electrons. The molecule has 1 N–H and O–H groups in total. The van der Waals surface area contributed by atoms with Gasteiger partial charge in [0.25, 0.3) is 5.91 Å². The number of carbonyl (C=O) groups excluding carboxylic acids is 1. The third-order valence-corrected chi connectivity index (χ3v) is 2.35. The van der Waals surface area contributed by atoms with E-state index < -0.39 is 27.1 Å². The Labute approximate surface area is 106 Å². The van der Waals surface area contributed by atoms with Gasteiger partial charge in [-0.05, 0) is 6.92 Å². The highest BCUT2D eigenvalue weighted by molar-refractivity contribution is 6.34. The number of hydrogen-bond donors (Lipinski definition) is 1. The van der Waals surface area contributed by atoms with Crippen LogP contribution in [0, 0.1) is 20.2 Å². The number of halogens is 1. The summed E-state index contributed by atoms with van der Waals surface area (Å²) in [5.74, 6) is -0.625. The van der Waals surface area contributed by atoms with Crippen molar-refractivity contribution >= 4 is 28.9 Å². The van der Waals surface area contributed by atoms with Crippen molar-refractivity contribution in [3.8, 4) is 0 Å². The molecule has 0 aliphatic heterocycles. The number of nitrogens with zero attached hydrogens (tertiary/aromatic N) is 2. The Bertz CT molecular complexity index is 531. The first-order valence-electron chi connectivity index (χ1n) is 4.79. The molecule has 96 valence electrons. The Hall–Kier alpha value is -2.22. The van der Waals surface area contributed by atoms with Crippen molar-refractivity contribution in [3.63, 3.8) is 0 Å². The third-order valence-electron chi connectivity index (χ3n) is 2.04. The van der Waals surface area contributed by atoms with Crippen LogP contribution in [0.1, 0.15) is 17.3 Å². The van der Waals surface area contributed by atoms with E-state index in [1.54, 1.807) is 6.92 Å². The van der Waals surface area contributed by atoms with Gasteiger partial charge in [-0.2, -0.15) is 0 Å². The van der Waals surface area contributed by atoms with Crippen molar-refractivity contribution in [1.29, 1.82) is 0 Å². The van der Waals surface area contributed by atoms with Gasteiger partial charge in [0.2, 0.25) is 0 Å². The molecule has 0 unspecified atom stereocenters. The molecule has 0 saturated heterocycles. The van der Waals surface area contributed by atoms with Gasteiger partial charge in [-0.3, -0.25) is 25.0 Å². The van der Waals surface area contributed by atoms with Crippen molar-refractivity contribution in [1.82, 2.24) is 5.32 Å². The number of nitrogens with one attached hydrogen (secondary N) is 1. The number of amides is 1. The van der Waals surface area contributed by atoms with Crippen LogP contribution in [0.4, 0.5) is 11.4 Å². The Balaban J connectivity index is 3.41. The van der Waals surface area contributed by atoms with Gasteiger partial charge < -0.3 is 5.32 Å². The summed E-state index contributed by atoms with van der Waals surface area (Å²) in [6.45, 7) is 1.96. The van der Waals surface area contributed by atoms with Crippen LogP contribution in [-0.2, 0) is 0 Å². The van der Waals surface area contributed by atoms with Gasteiger partial charge in [0.05, 0.1) is 20.4 Å². The van der Waals surface area contributed by atoms with Crippen LogP contribution in [-0.4, -0.2) is 22.3 Å². The molecule has 0 spiro atoms. The van der Waals surface area contributed by atoms with E-state index in [0.29, 0.717) is 6.54 Å². The third kappa shape index (κ3) is 2.72. The average molecular weight is 274 g/mol. The summed E-state index contributed by atoms with van der Waals surface area (Å²) < 4.78 is 0. The zero-order valence-corrected chi connectivity index (χ0v) is 9.93. The molecule has 0 atom stereocenters. The van der Waals surface area contributed by atoms with Crippen LogP contribution in [0.2, 0.25) is 5.02 Å². The lowest BCUT2D eigenvalue weighted by atomic mass is 10.1. The smallest absolute Gasteiger partial charge is 0.347 e. The molecule has 8 nitrogen and oxygen atoms in total. The van der Waals surface area contributed by atoms with E-state index in [1.807, 2.05) is 0 Å². The highest BCUT2D eigenvalue weighted by Crippen LogP contribution is 2.32. The normalized spacial score (nSPS) is 9.89. The molecular weight excluding hydrogens is 266 g/mol. The maximum atomic E-state index is 11.5. The zero-order chi connectivity index (χ0) is 13.9. The molecular formula is C9H8ClN3O5. The van der Waals surface area contributed by atoms with Gasteiger partial charge in [-0.15, -0.1) is 0 Å². The molecule has 0 fully saturated rings. The summed E-state index contributed by atoms with van der Waals surface area (Å²) in [4.78, 5) is 31.0. The van der Waals surface area contributed by atoms with Gasteiger partial charge in [0.15, 0.2) is 0 Å². The Morgan fingerprint density at radius 1 is 1.28 bits per heavy atom. The molecule has 9 heteroatoms. The van der Waals surface area contributed by atoms with E-state index in [1.165, 1.54) is 0 Å². The second kappa shape index (κ2) is 5.41. The van der Waals surface area contributed by atoms with Crippen LogP contribution in [0.15, 0.2) is 12.1 Å². The Morgan fingerprint density at radius 2 is 1.78 bits per heavy atom. The van der Waals surface area contributed by atoms with Gasteiger partial charge >= 0.3 is 11.4 Å². The summed E-state index contributed by atoms with van der Waals surface area (Å²) in [7, 11) is 0. The number of nitro groups is 2. The molecule has 1 aromatic carbocycles. The van der Waals surface area contributed by atoms with Crippen molar-refractivity contribution in [2.24, 2.45) is 0 Å². The average Bonchev–Trinajstić information content (AvgIpc) is 2.28. The lowest BCUT2D eigenvalue weighted by Crippen LogP contribution is -2.23. The second-order valence-corrected chi connectivity index (χ2v) is 3.60. The monoisotopic (exact) mass is 273 g/mol. The minimum Gasteiger partial charge on any atom is -0.352 e. The SMILES string of the molecule is CCNC(=O)c1cc([N+](=O)[O-])c([N+](=O)[O-])cc1Cl. The zero-order valence-electron chi connectivity index (χ0n) is 9.18. The summed E-state index contributed by atoms with van der Waals surface area (Å²) in [6.07, 6.45) is 0. The molecule has 1 rings (SSSR count). The molecule has 0 bridgehead atoms. The lowest BCUT2D eigenvalue weighted by Gasteiger charge is -2.04. The fourth-order valence-corrected chi connectivity index (χ4v) is 1.52. The van der Waals surface area contributed by atoms with Crippen LogP contribution >= 0.6 is 11.6 Å². The first kappa shape index (κ1) is 13.8. The first-order chi connectivity index (χ1) is 8.38. The van der Waals surface area contributed by atoms with Crippen LogP contribution in [0.5, 0.6) is 0 Å². The first-order valence-corrected chi connectivity index (χ1v) is 5.16. The van der Waals surface area contributed by atoms with E-state index in [0.717, 1.165) is 12.1 Å². The number of hydrogen-bond acceptors (Lipinski definition) is 5. The maximum Gasteiger partial charge on any atom is 0.347 e. The number of carbonyl (C=O) groups is 1. The molecule has 1 aromatic rings. The quantitative estimate of drug-likeness (QED) is 0.664. The fraction of sp³-hybridized carbons (Fsp3) is 0.222. The van der Waals surface area contributed by atoms with Crippen LogP contribution < -0.4 is 5.32 Å². The molecule has 18 heavy (non-hydrogen) atoms. The van der Waals surface area contributed by atoms with E-state index in [-0.39, 0.29) is 10.6 Å². The number of rotatable bonds is 4. The topological polar surface area (TPSA) is 115 Å². The predicted molar refractivity (Wildman–Crippen MR) is 62.8 cm³/mol. The van der Waals surface area contributed by atoms with Gasteiger partial charge in [-0.25, -0.2) is 0 Å². The largest absolute Gasteiger partial charge is 0.352 e. The van der Waals surface area contributed by atoms with Crippen molar-refractivity contribution in [3.05, 3.63) is 42.9 Å². The second-order valence-electron chi connectivity index (χ2n) is 3.19. The fourth-order valence-electron chi connectivity index (χ4n) is 1.27. The minimum atomic E-state index is -0.933. The Morgan fingerprint density at radius 3 is 2.22 bits per heavy atom. The molecule has 0 saturated carbocycles. The molecule has 0 aliphatic rings. The van der Waals surface area contributed by atoms with Crippen LogP contribution in [0.25, 0.3) is 0 Å². The summed E-state index contributed by atoms with van der Waals surface area (Å²) in [5.41, 5.74) is -1.69. The standard InChI is InChI=1S/C9H8ClN3O5/c1-2-11-9(14)5-3-7(12(15)16)8(13(17)18)4-6(5)10/h3-4H,2H2,1H3,(H,11,14). The number of benzene rings is 1. The van der Waals surface area contributed by atoms with Gasteiger partial charge in [0.1, 0.15) is 0 Å². The van der Waals surface area contributed by atoms with E-state index in [9.17, 15) is 25.0 Å². The highest BCUT2D eigenvalue weighted by atomic mass is 35.5. The molecule has 1 amide bonds. The molecule has 0 aliphatic carbocycles.